The van der Waals surface area contributed by atoms with Crippen LogP contribution in [0.3, 0.4) is 0 Å². The smallest absolute Gasteiger partial charge is 0.246 e. The molecule has 2 heterocycles. The average Bonchev–Trinajstić information content (AvgIpc) is 3.15. The summed E-state index contributed by atoms with van der Waals surface area (Å²) in [6.45, 7) is 7.63. The van der Waals surface area contributed by atoms with Crippen molar-refractivity contribution in [3.8, 4) is 0 Å². The van der Waals surface area contributed by atoms with Gasteiger partial charge in [0.1, 0.15) is 4.90 Å². The van der Waals surface area contributed by atoms with E-state index in [2.05, 4.69) is 24.0 Å². The van der Waals surface area contributed by atoms with Crippen LogP contribution in [0.15, 0.2) is 17.3 Å². The number of aromatic nitrogens is 2. The van der Waals surface area contributed by atoms with E-state index in [-0.39, 0.29) is 5.41 Å². The van der Waals surface area contributed by atoms with E-state index >= 15 is 0 Å². The highest BCUT2D eigenvalue weighted by Gasteiger charge is 2.45. The molecule has 1 N–H and O–H groups in total. The van der Waals surface area contributed by atoms with Gasteiger partial charge in [0.05, 0.1) is 11.8 Å². The number of likely N-dealkylation sites (N-methyl/N-ethyl adjacent to an activating group) is 1. The molecule has 0 aromatic carbocycles. The summed E-state index contributed by atoms with van der Waals surface area (Å²) in [6, 6.07) is 0. The van der Waals surface area contributed by atoms with Gasteiger partial charge < -0.3 is 10.0 Å². The van der Waals surface area contributed by atoms with Gasteiger partial charge in [0.25, 0.3) is 0 Å². The average molecular weight is 413 g/mol. The summed E-state index contributed by atoms with van der Waals surface area (Å²) in [4.78, 5) is 2.52. The molecule has 0 bridgehead atoms. The molecule has 1 saturated heterocycles. The van der Waals surface area contributed by atoms with Crippen molar-refractivity contribution in [3.05, 3.63) is 12.4 Å². The monoisotopic (exact) mass is 412 g/mol. The Morgan fingerprint density at radius 1 is 1.14 bits per heavy atom. The quantitative estimate of drug-likeness (QED) is 0.744. The molecular formula is C20H36N4O3S. The molecule has 2 fully saturated rings. The predicted octanol–water partition coefficient (Wildman–Crippen LogP) is 2.32. The van der Waals surface area contributed by atoms with Crippen LogP contribution >= 0.6 is 0 Å². The van der Waals surface area contributed by atoms with Crippen LogP contribution in [0.4, 0.5) is 0 Å². The van der Waals surface area contributed by atoms with Crippen LogP contribution in [0.2, 0.25) is 0 Å². The summed E-state index contributed by atoms with van der Waals surface area (Å²) in [6.07, 6.45) is 9.55. The van der Waals surface area contributed by atoms with Gasteiger partial charge in [-0.25, -0.2) is 8.42 Å². The van der Waals surface area contributed by atoms with E-state index in [4.69, 9.17) is 0 Å². The summed E-state index contributed by atoms with van der Waals surface area (Å²) >= 11 is 0. The van der Waals surface area contributed by atoms with Gasteiger partial charge in [-0.15, -0.1) is 0 Å². The SMILES string of the molecule is CCCN(C)CC1(O)CCC2(CCN(S(=O)(=O)c3cnn(CC)c3)CC2)CC1. The van der Waals surface area contributed by atoms with Crippen molar-refractivity contribution in [3.63, 3.8) is 0 Å². The zero-order chi connectivity index (χ0) is 20.4. The van der Waals surface area contributed by atoms with Gasteiger partial charge in [-0.2, -0.15) is 9.40 Å². The number of piperidine rings is 1. The molecule has 3 rings (SSSR count). The molecule has 0 amide bonds. The maximum Gasteiger partial charge on any atom is 0.246 e. The molecule has 0 unspecified atom stereocenters. The van der Waals surface area contributed by atoms with Crippen molar-refractivity contribution in [1.82, 2.24) is 19.0 Å². The van der Waals surface area contributed by atoms with Crippen LogP contribution in [0.25, 0.3) is 0 Å². The lowest BCUT2D eigenvalue weighted by molar-refractivity contribution is -0.0621. The maximum absolute atomic E-state index is 12.9. The van der Waals surface area contributed by atoms with Crippen LogP contribution in [0.5, 0.6) is 0 Å². The van der Waals surface area contributed by atoms with Crippen molar-refractivity contribution < 1.29 is 13.5 Å². The minimum absolute atomic E-state index is 0.190. The van der Waals surface area contributed by atoms with Crippen LogP contribution < -0.4 is 0 Å². The van der Waals surface area contributed by atoms with E-state index in [1.165, 1.54) is 6.20 Å². The highest BCUT2D eigenvalue weighted by atomic mass is 32.2. The number of hydrogen-bond acceptors (Lipinski definition) is 5. The molecule has 2 aliphatic rings. The molecule has 1 spiro atoms. The second kappa shape index (κ2) is 8.42. The molecule has 1 aliphatic heterocycles. The second-order valence-corrected chi connectivity index (χ2v) is 10.8. The number of hydrogen-bond donors (Lipinski definition) is 1. The van der Waals surface area contributed by atoms with Gasteiger partial charge in [-0.1, -0.05) is 6.92 Å². The Labute approximate surface area is 169 Å². The summed E-state index contributed by atoms with van der Waals surface area (Å²) < 4.78 is 29.1. The molecule has 8 heteroatoms. The van der Waals surface area contributed by atoms with Crippen LogP contribution in [0.1, 0.15) is 58.8 Å². The third-order valence-corrected chi connectivity index (χ3v) is 8.62. The summed E-state index contributed by atoms with van der Waals surface area (Å²) in [5, 5.41) is 15.1. The Bertz CT molecular complexity index is 743. The molecule has 160 valence electrons. The Kier molecular flexibility index (Phi) is 6.54. The lowest BCUT2D eigenvalue weighted by Gasteiger charge is -2.48. The fourth-order valence-electron chi connectivity index (χ4n) is 4.87. The van der Waals surface area contributed by atoms with Crippen molar-refractivity contribution >= 4 is 10.0 Å². The molecule has 1 aromatic rings. The Morgan fingerprint density at radius 2 is 1.79 bits per heavy atom. The lowest BCUT2D eigenvalue weighted by atomic mass is 9.64. The van der Waals surface area contributed by atoms with E-state index in [0.717, 1.165) is 58.0 Å². The molecule has 1 aliphatic carbocycles. The van der Waals surface area contributed by atoms with Gasteiger partial charge in [0.15, 0.2) is 0 Å². The standard InChI is InChI=1S/C20H36N4O3S/c1-4-12-22(3)17-20(25)8-6-19(7-9-20)10-13-24(14-11-19)28(26,27)18-15-21-23(5-2)16-18/h15-16,25H,4-14,17H2,1-3H3. The first-order valence-electron chi connectivity index (χ1n) is 10.7. The minimum Gasteiger partial charge on any atom is -0.389 e. The molecule has 0 atom stereocenters. The lowest BCUT2D eigenvalue weighted by Crippen LogP contribution is -2.50. The van der Waals surface area contributed by atoms with E-state index in [9.17, 15) is 13.5 Å². The molecular weight excluding hydrogens is 376 g/mol. The number of aryl methyl sites for hydroxylation is 1. The van der Waals surface area contributed by atoms with Gasteiger partial charge in [0.2, 0.25) is 10.0 Å². The molecule has 7 nitrogen and oxygen atoms in total. The van der Waals surface area contributed by atoms with Crippen molar-refractivity contribution in [2.75, 3.05) is 33.2 Å². The zero-order valence-corrected chi connectivity index (χ0v) is 18.4. The van der Waals surface area contributed by atoms with Gasteiger partial charge >= 0.3 is 0 Å². The Morgan fingerprint density at radius 3 is 2.32 bits per heavy atom. The van der Waals surface area contributed by atoms with Gasteiger partial charge in [-0.05, 0) is 70.9 Å². The summed E-state index contributed by atoms with van der Waals surface area (Å²) in [5.74, 6) is 0. The first kappa shape index (κ1) is 21.7. The number of rotatable bonds is 7. The topological polar surface area (TPSA) is 78.7 Å². The third-order valence-electron chi connectivity index (χ3n) is 6.77. The molecule has 1 aromatic heterocycles. The van der Waals surface area contributed by atoms with Crippen molar-refractivity contribution in [2.45, 2.75) is 75.8 Å². The number of sulfonamides is 1. The van der Waals surface area contributed by atoms with E-state index in [0.29, 0.717) is 24.5 Å². The maximum atomic E-state index is 12.9. The first-order valence-corrected chi connectivity index (χ1v) is 12.1. The van der Waals surface area contributed by atoms with Gasteiger partial charge in [0, 0.05) is 32.4 Å². The van der Waals surface area contributed by atoms with Crippen LogP contribution in [-0.2, 0) is 16.6 Å². The number of nitrogens with zero attached hydrogens (tertiary/aromatic N) is 4. The highest BCUT2D eigenvalue weighted by molar-refractivity contribution is 7.89. The molecule has 1 saturated carbocycles. The largest absolute Gasteiger partial charge is 0.389 e. The predicted molar refractivity (Wildman–Crippen MR) is 110 cm³/mol. The van der Waals surface area contributed by atoms with E-state index < -0.39 is 15.6 Å². The fourth-order valence-corrected chi connectivity index (χ4v) is 6.26. The van der Waals surface area contributed by atoms with Crippen LogP contribution in [-0.4, -0.2) is 71.3 Å². The number of aliphatic hydroxyl groups is 1. The van der Waals surface area contributed by atoms with E-state index in [1.807, 2.05) is 6.92 Å². The summed E-state index contributed by atoms with van der Waals surface area (Å²) in [7, 11) is -1.38. The molecule has 28 heavy (non-hydrogen) atoms. The second-order valence-electron chi connectivity index (χ2n) is 8.90. The normalized spacial score (nSPS) is 22.8. The third kappa shape index (κ3) is 4.61. The zero-order valence-electron chi connectivity index (χ0n) is 17.6. The molecule has 0 radical (unpaired) electrons. The van der Waals surface area contributed by atoms with E-state index in [1.54, 1.807) is 15.2 Å². The first-order chi connectivity index (χ1) is 13.2. The van der Waals surface area contributed by atoms with Crippen molar-refractivity contribution in [2.24, 2.45) is 5.41 Å². The highest BCUT2D eigenvalue weighted by Crippen LogP contribution is 2.48. The van der Waals surface area contributed by atoms with Gasteiger partial charge in [-0.3, -0.25) is 4.68 Å². The summed E-state index contributed by atoms with van der Waals surface area (Å²) in [5.41, 5.74) is -0.401. The van der Waals surface area contributed by atoms with Crippen molar-refractivity contribution in [1.29, 1.82) is 0 Å². The Hall–Kier alpha value is -0.960. The van der Waals surface area contributed by atoms with Crippen LogP contribution in [0, 0.1) is 5.41 Å². The fraction of sp³-hybridized carbons (Fsp3) is 0.850. The minimum atomic E-state index is -3.46. The Balaban J connectivity index is 1.57.